The lowest BCUT2D eigenvalue weighted by Crippen LogP contribution is -2.31. The molecule has 0 aliphatic carbocycles. The SMILES string of the molecule is CCNCCC(=O)NCC(C)SC. The van der Waals surface area contributed by atoms with Crippen molar-refractivity contribution in [1.29, 1.82) is 0 Å². The van der Waals surface area contributed by atoms with Crippen LogP contribution in [-0.4, -0.2) is 37.0 Å². The molecule has 0 radical (unpaired) electrons. The van der Waals surface area contributed by atoms with E-state index in [4.69, 9.17) is 0 Å². The van der Waals surface area contributed by atoms with Gasteiger partial charge in [-0.3, -0.25) is 4.79 Å². The van der Waals surface area contributed by atoms with Crippen molar-refractivity contribution in [2.45, 2.75) is 25.5 Å². The van der Waals surface area contributed by atoms with E-state index in [2.05, 4.69) is 23.8 Å². The van der Waals surface area contributed by atoms with E-state index in [1.54, 1.807) is 11.8 Å². The van der Waals surface area contributed by atoms with Crippen molar-refractivity contribution in [2.24, 2.45) is 0 Å². The number of carbonyl (C=O) groups excluding carboxylic acids is 1. The summed E-state index contributed by atoms with van der Waals surface area (Å²) in [6, 6.07) is 0. The van der Waals surface area contributed by atoms with Crippen molar-refractivity contribution < 1.29 is 4.79 Å². The van der Waals surface area contributed by atoms with E-state index in [9.17, 15) is 4.79 Å². The highest BCUT2D eigenvalue weighted by molar-refractivity contribution is 7.99. The molecule has 1 unspecified atom stereocenters. The molecule has 2 N–H and O–H groups in total. The lowest BCUT2D eigenvalue weighted by molar-refractivity contribution is -0.120. The van der Waals surface area contributed by atoms with Crippen LogP contribution in [-0.2, 0) is 4.79 Å². The second-order valence-corrected chi connectivity index (χ2v) is 4.23. The summed E-state index contributed by atoms with van der Waals surface area (Å²) < 4.78 is 0. The van der Waals surface area contributed by atoms with E-state index < -0.39 is 0 Å². The van der Waals surface area contributed by atoms with Crippen LogP contribution in [0.15, 0.2) is 0 Å². The fourth-order valence-corrected chi connectivity index (χ4v) is 1.06. The Morgan fingerprint density at radius 1 is 1.54 bits per heavy atom. The van der Waals surface area contributed by atoms with Crippen LogP contribution in [0, 0.1) is 0 Å². The number of nitrogens with one attached hydrogen (secondary N) is 2. The Bertz CT molecular complexity index is 142. The minimum absolute atomic E-state index is 0.141. The predicted molar refractivity (Wildman–Crippen MR) is 59.1 cm³/mol. The van der Waals surface area contributed by atoms with E-state index in [0.29, 0.717) is 11.7 Å². The zero-order chi connectivity index (χ0) is 10.1. The Labute approximate surface area is 85.0 Å². The van der Waals surface area contributed by atoms with Gasteiger partial charge in [-0.05, 0) is 12.8 Å². The van der Waals surface area contributed by atoms with Gasteiger partial charge in [0.15, 0.2) is 0 Å². The Hall–Kier alpha value is -0.220. The van der Waals surface area contributed by atoms with Crippen LogP contribution in [0.3, 0.4) is 0 Å². The van der Waals surface area contributed by atoms with Crippen LogP contribution < -0.4 is 10.6 Å². The van der Waals surface area contributed by atoms with E-state index >= 15 is 0 Å². The van der Waals surface area contributed by atoms with Gasteiger partial charge in [0.05, 0.1) is 0 Å². The molecule has 3 nitrogen and oxygen atoms in total. The third kappa shape index (κ3) is 8.12. The minimum Gasteiger partial charge on any atom is -0.355 e. The Kier molecular flexibility index (Phi) is 8.24. The fourth-order valence-electron chi connectivity index (χ4n) is 0.808. The standard InChI is InChI=1S/C9H20N2OS/c1-4-10-6-5-9(12)11-7-8(2)13-3/h8,10H,4-7H2,1-3H3,(H,11,12). The molecular weight excluding hydrogens is 184 g/mol. The second kappa shape index (κ2) is 8.38. The van der Waals surface area contributed by atoms with Gasteiger partial charge < -0.3 is 10.6 Å². The summed E-state index contributed by atoms with van der Waals surface area (Å²) in [5, 5.41) is 6.51. The molecule has 0 aliphatic rings. The van der Waals surface area contributed by atoms with Gasteiger partial charge in [0.2, 0.25) is 5.91 Å². The summed E-state index contributed by atoms with van der Waals surface area (Å²) in [5.41, 5.74) is 0. The van der Waals surface area contributed by atoms with Gasteiger partial charge in [0.25, 0.3) is 0 Å². The topological polar surface area (TPSA) is 41.1 Å². The highest BCUT2D eigenvalue weighted by Gasteiger charge is 2.02. The molecular formula is C9H20N2OS. The third-order valence-corrected chi connectivity index (χ3v) is 2.74. The molecule has 1 atom stereocenters. The lowest BCUT2D eigenvalue weighted by atomic mass is 10.3. The quantitative estimate of drug-likeness (QED) is 0.604. The van der Waals surface area contributed by atoms with E-state index in [0.717, 1.165) is 19.6 Å². The third-order valence-electron chi connectivity index (χ3n) is 1.77. The first-order valence-corrected chi connectivity index (χ1v) is 5.99. The highest BCUT2D eigenvalue weighted by atomic mass is 32.2. The van der Waals surface area contributed by atoms with Gasteiger partial charge in [-0.15, -0.1) is 0 Å². The first-order valence-electron chi connectivity index (χ1n) is 4.70. The second-order valence-electron chi connectivity index (χ2n) is 2.95. The van der Waals surface area contributed by atoms with Crippen molar-refractivity contribution >= 4 is 17.7 Å². The molecule has 0 aromatic carbocycles. The molecule has 1 amide bonds. The maximum absolute atomic E-state index is 11.2. The van der Waals surface area contributed by atoms with Crippen LogP contribution in [0.5, 0.6) is 0 Å². The Morgan fingerprint density at radius 2 is 2.23 bits per heavy atom. The van der Waals surface area contributed by atoms with Crippen molar-refractivity contribution in [1.82, 2.24) is 10.6 Å². The van der Waals surface area contributed by atoms with E-state index in [1.165, 1.54) is 0 Å². The maximum Gasteiger partial charge on any atom is 0.221 e. The van der Waals surface area contributed by atoms with Gasteiger partial charge in [-0.2, -0.15) is 11.8 Å². The fraction of sp³-hybridized carbons (Fsp3) is 0.889. The average molecular weight is 204 g/mol. The van der Waals surface area contributed by atoms with Crippen LogP contribution in [0.1, 0.15) is 20.3 Å². The number of amides is 1. The van der Waals surface area contributed by atoms with Crippen molar-refractivity contribution in [3.63, 3.8) is 0 Å². The Morgan fingerprint density at radius 3 is 2.77 bits per heavy atom. The first-order chi connectivity index (χ1) is 6.20. The van der Waals surface area contributed by atoms with Gasteiger partial charge in [0.1, 0.15) is 0 Å². The lowest BCUT2D eigenvalue weighted by Gasteiger charge is -2.09. The number of rotatable bonds is 7. The van der Waals surface area contributed by atoms with Gasteiger partial charge in [-0.25, -0.2) is 0 Å². The molecule has 0 aromatic heterocycles. The predicted octanol–water partition coefficient (Wildman–Crippen LogP) is 0.854. The van der Waals surface area contributed by atoms with Crippen LogP contribution in [0.2, 0.25) is 0 Å². The van der Waals surface area contributed by atoms with E-state index in [-0.39, 0.29) is 5.91 Å². The summed E-state index contributed by atoms with van der Waals surface area (Å²) in [7, 11) is 0. The molecule has 0 saturated carbocycles. The molecule has 13 heavy (non-hydrogen) atoms. The molecule has 0 spiro atoms. The van der Waals surface area contributed by atoms with Crippen LogP contribution in [0.25, 0.3) is 0 Å². The molecule has 0 aliphatic heterocycles. The zero-order valence-corrected chi connectivity index (χ0v) is 9.54. The van der Waals surface area contributed by atoms with Gasteiger partial charge in [0, 0.05) is 24.8 Å². The molecule has 0 saturated heterocycles. The molecule has 78 valence electrons. The highest BCUT2D eigenvalue weighted by Crippen LogP contribution is 2.02. The molecule has 4 heteroatoms. The van der Waals surface area contributed by atoms with Crippen molar-refractivity contribution in [3.8, 4) is 0 Å². The number of carbonyl (C=O) groups is 1. The molecule has 0 rings (SSSR count). The number of hydrogen-bond acceptors (Lipinski definition) is 3. The summed E-state index contributed by atoms with van der Waals surface area (Å²) in [5.74, 6) is 0.141. The van der Waals surface area contributed by atoms with Crippen molar-refractivity contribution in [3.05, 3.63) is 0 Å². The summed E-state index contributed by atoms with van der Waals surface area (Å²) in [6.07, 6.45) is 2.63. The van der Waals surface area contributed by atoms with Crippen molar-refractivity contribution in [2.75, 3.05) is 25.9 Å². The molecule has 0 heterocycles. The summed E-state index contributed by atoms with van der Waals surface area (Å²) in [4.78, 5) is 11.2. The number of hydrogen-bond donors (Lipinski definition) is 2. The minimum atomic E-state index is 0.141. The number of thioether (sulfide) groups is 1. The maximum atomic E-state index is 11.2. The Balaban J connectivity index is 3.30. The summed E-state index contributed by atoms with van der Waals surface area (Å²) in [6.45, 7) is 6.61. The first kappa shape index (κ1) is 12.8. The molecule has 0 fully saturated rings. The monoisotopic (exact) mass is 204 g/mol. The zero-order valence-electron chi connectivity index (χ0n) is 8.72. The van der Waals surface area contributed by atoms with E-state index in [1.807, 2.05) is 6.92 Å². The average Bonchev–Trinajstić information content (AvgIpc) is 2.14. The van der Waals surface area contributed by atoms with Crippen LogP contribution in [0.4, 0.5) is 0 Å². The molecule has 0 bridgehead atoms. The van der Waals surface area contributed by atoms with Crippen LogP contribution >= 0.6 is 11.8 Å². The van der Waals surface area contributed by atoms with Gasteiger partial charge in [-0.1, -0.05) is 13.8 Å². The largest absolute Gasteiger partial charge is 0.355 e. The summed E-state index contributed by atoms with van der Waals surface area (Å²) >= 11 is 1.76. The smallest absolute Gasteiger partial charge is 0.221 e. The molecule has 0 aromatic rings. The normalized spacial score (nSPS) is 12.5. The van der Waals surface area contributed by atoms with Gasteiger partial charge >= 0.3 is 0 Å².